The first-order valence-corrected chi connectivity index (χ1v) is 28.7. The second-order valence-corrected chi connectivity index (χ2v) is 24.8. The van der Waals surface area contributed by atoms with Crippen LogP contribution >= 0.6 is 0 Å². The van der Waals surface area contributed by atoms with Gasteiger partial charge in [-0.1, -0.05) is 184 Å². The number of aliphatic imine (C=N–C) groups is 2. The van der Waals surface area contributed by atoms with Crippen LogP contribution in [0.1, 0.15) is 260 Å². The Morgan fingerprint density at radius 3 is 0.836 bits per heavy atom. The van der Waals surface area contributed by atoms with Crippen LogP contribution in [0.4, 0.5) is 32.3 Å². The summed E-state index contributed by atoms with van der Waals surface area (Å²) < 4.78 is 0. The van der Waals surface area contributed by atoms with Crippen molar-refractivity contribution in [1.29, 1.82) is 0 Å². The van der Waals surface area contributed by atoms with E-state index in [1.54, 1.807) is 0 Å². The standard InChI is InChI=1S/C65H90N6O2/c1-38(2)50-21-17-22-51(39(3)4)58(50)66-62-68(64(72)70(62)60-54(42(9)10)25-19-26-55(60)43(11)12)48-33-29-46(30-34-48)37-47-31-35-49(36-32-47)69-63(67-59-52(40(5)6)23-18-24-53(59)41(7)8)71(65(69)73)61-56(44(13)14)27-20-28-57(61)45(15)16/h17-28,38-49H,29-37H2,1-16H3/b66-62+,67-63+. The van der Waals surface area contributed by atoms with Crippen molar-refractivity contribution in [3.05, 3.63) is 117 Å². The highest BCUT2D eigenvalue weighted by molar-refractivity contribution is 6.32. The molecule has 0 N–H and O–H groups in total. The summed E-state index contributed by atoms with van der Waals surface area (Å²) in [5.74, 6) is 5.01. The summed E-state index contributed by atoms with van der Waals surface area (Å²) in [7, 11) is 0. The number of para-hydroxylation sites is 4. The molecule has 8 heteroatoms. The molecule has 0 aromatic heterocycles. The van der Waals surface area contributed by atoms with Gasteiger partial charge in [0.05, 0.1) is 22.7 Å². The van der Waals surface area contributed by atoms with Gasteiger partial charge in [0.1, 0.15) is 0 Å². The van der Waals surface area contributed by atoms with Crippen LogP contribution in [0.25, 0.3) is 0 Å². The van der Waals surface area contributed by atoms with Crippen LogP contribution in [0, 0.1) is 11.8 Å². The van der Waals surface area contributed by atoms with E-state index >= 15 is 0 Å². The van der Waals surface area contributed by atoms with Crippen LogP contribution in [0.2, 0.25) is 0 Å². The van der Waals surface area contributed by atoms with Crippen molar-refractivity contribution in [3.63, 3.8) is 0 Å². The Morgan fingerprint density at radius 2 is 0.603 bits per heavy atom. The van der Waals surface area contributed by atoms with Gasteiger partial charge in [-0.15, -0.1) is 0 Å². The topological polar surface area (TPSA) is 71.8 Å². The average Bonchev–Trinajstić information content (AvgIpc) is 3.34. The fraction of sp³-hybridized carbons (Fsp3) is 0.569. The molecule has 4 aliphatic rings. The average molecular weight is 987 g/mol. The molecule has 8 rings (SSSR count). The number of carbonyl (C=O) groups is 2. The van der Waals surface area contributed by atoms with Crippen molar-refractivity contribution >= 4 is 46.7 Å². The van der Waals surface area contributed by atoms with Crippen molar-refractivity contribution in [2.75, 3.05) is 9.80 Å². The predicted molar refractivity (Wildman–Crippen MR) is 308 cm³/mol. The molecular weight excluding hydrogens is 897 g/mol. The van der Waals surface area contributed by atoms with Gasteiger partial charge in [-0.05, 0) is 161 Å². The molecule has 392 valence electrons. The van der Waals surface area contributed by atoms with Crippen molar-refractivity contribution in [1.82, 2.24) is 9.80 Å². The Balaban J connectivity index is 1.02. The lowest BCUT2D eigenvalue weighted by Crippen LogP contribution is -2.69. The maximum atomic E-state index is 14.9. The third-order valence-electron chi connectivity index (χ3n) is 16.9. The number of anilines is 2. The van der Waals surface area contributed by atoms with Crippen LogP contribution in [-0.4, -0.2) is 45.9 Å². The number of hydrogen-bond donors (Lipinski definition) is 0. The smallest absolute Gasteiger partial charge is 0.259 e. The Hall–Kier alpha value is -5.24. The second-order valence-electron chi connectivity index (χ2n) is 24.8. The van der Waals surface area contributed by atoms with Gasteiger partial charge in [0.2, 0.25) is 11.9 Å². The summed E-state index contributed by atoms with van der Waals surface area (Å²) in [6.07, 6.45) is 9.57. The zero-order chi connectivity index (χ0) is 52.7. The zero-order valence-corrected chi connectivity index (χ0v) is 47.7. The van der Waals surface area contributed by atoms with Gasteiger partial charge in [-0.2, -0.15) is 0 Å². The number of benzene rings is 4. The molecule has 0 spiro atoms. The minimum Gasteiger partial charge on any atom is -0.259 e. The van der Waals surface area contributed by atoms with Crippen LogP contribution in [0.5, 0.6) is 0 Å². The number of guanidine groups is 2. The molecule has 0 atom stereocenters. The first-order chi connectivity index (χ1) is 34.7. The lowest BCUT2D eigenvalue weighted by atomic mass is 9.75. The van der Waals surface area contributed by atoms with Gasteiger partial charge >= 0.3 is 12.1 Å². The van der Waals surface area contributed by atoms with Crippen LogP contribution < -0.4 is 9.80 Å². The molecule has 2 aliphatic carbocycles. The molecule has 0 bridgehead atoms. The number of urea groups is 2. The predicted octanol–water partition coefficient (Wildman–Crippen LogP) is 18.7. The second kappa shape index (κ2) is 22.3. The number of nitrogens with zero attached hydrogens (tertiary/aromatic N) is 6. The van der Waals surface area contributed by atoms with E-state index < -0.39 is 0 Å². The summed E-state index contributed by atoms with van der Waals surface area (Å²) in [5.41, 5.74) is 13.8. The summed E-state index contributed by atoms with van der Waals surface area (Å²) in [6.45, 7) is 35.9. The molecule has 2 aliphatic heterocycles. The van der Waals surface area contributed by atoms with Crippen molar-refractivity contribution in [2.24, 2.45) is 21.8 Å². The highest BCUT2D eigenvalue weighted by atomic mass is 16.2. The molecular formula is C65H90N6O2. The summed E-state index contributed by atoms with van der Waals surface area (Å²) in [5, 5.41) is 0. The van der Waals surface area contributed by atoms with Gasteiger partial charge in [-0.25, -0.2) is 29.4 Å². The molecule has 4 amide bonds. The van der Waals surface area contributed by atoms with E-state index in [4.69, 9.17) is 9.98 Å². The van der Waals surface area contributed by atoms with Crippen molar-refractivity contribution in [3.8, 4) is 0 Å². The molecule has 4 aromatic carbocycles. The Labute approximate surface area is 441 Å². The van der Waals surface area contributed by atoms with Gasteiger partial charge in [0.15, 0.2) is 0 Å². The third kappa shape index (κ3) is 10.6. The maximum absolute atomic E-state index is 14.9. The Bertz CT molecular complexity index is 2400. The molecule has 4 aromatic rings. The molecule has 2 saturated carbocycles. The monoisotopic (exact) mass is 987 g/mol. The Kier molecular flexibility index (Phi) is 16.5. The fourth-order valence-corrected chi connectivity index (χ4v) is 12.7. The molecule has 2 saturated heterocycles. The summed E-state index contributed by atoms with van der Waals surface area (Å²) >= 11 is 0. The van der Waals surface area contributed by atoms with E-state index in [1.165, 1.54) is 50.9 Å². The lowest BCUT2D eigenvalue weighted by molar-refractivity contribution is 0.148. The first-order valence-electron chi connectivity index (χ1n) is 28.7. The van der Waals surface area contributed by atoms with E-state index in [-0.39, 0.29) is 47.8 Å². The number of hydrogen-bond acceptors (Lipinski definition) is 4. The fourth-order valence-electron chi connectivity index (χ4n) is 12.7. The molecule has 4 fully saturated rings. The number of carbonyl (C=O) groups excluding carboxylic acids is 2. The first kappa shape index (κ1) is 54.0. The minimum atomic E-state index is 0.0620. The van der Waals surface area contributed by atoms with Gasteiger partial charge in [0.25, 0.3) is 0 Å². The van der Waals surface area contributed by atoms with E-state index in [1.807, 2.05) is 9.80 Å². The number of amides is 4. The lowest BCUT2D eigenvalue weighted by Gasteiger charge is -2.50. The highest BCUT2D eigenvalue weighted by Gasteiger charge is 2.51. The normalized spacial score (nSPS) is 22.0. The molecule has 8 nitrogen and oxygen atoms in total. The SMILES string of the molecule is CC(C)c1cccc(C(C)C)c1/N=C1/N(c2c(C(C)C)cccc2C(C)C)C(=O)N1C1CCC(CC2CCC(N3C(=O)N(c4c(C(C)C)cccc4C(C)C)/C3=N/c3c(C(C)C)cccc3C(C)C)CC2)CC1. The van der Waals surface area contributed by atoms with E-state index in [2.05, 4.69) is 193 Å². The summed E-state index contributed by atoms with van der Waals surface area (Å²) in [6, 6.07) is 26.7. The molecule has 2 heterocycles. The van der Waals surface area contributed by atoms with E-state index in [0.29, 0.717) is 35.5 Å². The van der Waals surface area contributed by atoms with Gasteiger partial charge < -0.3 is 0 Å². The van der Waals surface area contributed by atoms with Gasteiger partial charge in [-0.3, -0.25) is 9.80 Å². The third-order valence-corrected chi connectivity index (χ3v) is 16.9. The van der Waals surface area contributed by atoms with Gasteiger partial charge in [0, 0.05) is 12.1 Å². The van der Waals surface area contributed by atoms with Crippen molar-refractivity contribution in [2.45, 2.75) is 228 Å². The maximum Gasteiger partial charge on any atom is 0.338 e. The number of rotatable bonds is 16. The van der Waals surface area contributed by atoms with E-state index in [0.717, 1.165) is 86.0 Å². The zero-order valence-electron chi connectivity index (χ0n) is 47.7. The quantitative estimate of drug-likeness (QED) is 0.112. The Morgan fingerprint density at radius 1 is 0.370 bits per heavy atom. The van der Waals surface area contributed by atoms with Crippen LogP contribution in [-0.2, 0) is 0 Å². The molecule has 0 unspecified atom stereocenters. The van der Waals surface area contributed by atoms with Crippen LogP contribution in [0.15, 0.2) is 82.8 Å². The largest absolute Gasteiger partial charge is 0.338 e. The van der Waals surface area contributed by atoms with Crippen molar-refractivity contribution < 1.29 is 9.59 Å². The highest BCUT2D eigenvalue weighted by Crippen LogP contribution is 2.48. The minimum absolute atomic E-state index is 0.0620. The summed E-state index contributed by atoms with van der Waals surface area (Å²) in [4.78, 5) is 49.3. The molecule has 0 radical (unpaired) electrons. The van der Waals surface area contributed by atoms with E-state index in [9.17, 15) is 9.59 Å². The molecule has 73 heavy (non-hydrogen) atoms. The van der Waals surface area contributed by atoms with Crippen LogP contribution in [0.3, 0.4) is 0 Å².